The third-order valence-corrected chi connectivity index (χ3v) is 3.63. The molecule has 0 radical (unpaired) electrons. The van der Waals surface area contributed by atoms with Crippen LogP contribution in [0.3, 0.4) is 0 Å². The molecule has 4 heteroatoms. The smallest absolute Gasteiger partial charge is 0.231 e. The van der Waals surface area contributed by atoms with Crippen LogP contribution in [0, 0.1) is 0 Å². The molecule has 0 aliphatic carbocycles. The average molecular weight is 290 g/mol. The number of benzene rings is 2. The topological polar surface area (TPSA) is 30.5 Å². The lowest BCUT2D eigenvalue weighted by atomic mass is 10.1. The molecule has 1 atom stereocenters. The van der Waals surface area contributed by atoms with E-state index in [1.165, 1.54) is 11.1 Å². The van der Waals surface area contributed by atoms with Crippen molar-refractivity contribution in [3.63, 3.8) is 0 Å². The molecular formula is C16H16ClNO2. The molecule has 0 saturated carbocycles. The van der Waals surface area contributed by atoms with Crippen LogP contribution in [0.25, 0.3) is 0 Å². The van der Waals surface area contributed by atoms with Crippen molar-refractivity contribution in [1.29, 1.82) is 0 Å². The van der Waals surface area contributed by atoms with E-state index in [4.69, 9.17) is 21.1 Å². The van der Waals surface area contributed by atoms with Crippen LogP contribution in [0.1, 0.15) is 24.1 Å². The van der Waals surface area contributed by atoms with Gasteiger partial charge in [-0.3, -0.25) is 0 Å². The Morgan fingerprint density at radius 3 is 2.85 bits per heavy atom. The summed E-state index contributed by atoms with van der Waals surface area (Å²) in [5.41, 5.74) is 2.35. The highest BCUT2D eigenvalue weighted by Gasteiger charge is 2.13. The van der Waals surface area contributed by atoms with Gasteiger partial charge >= 0.3 is 0 Å². The molecule has 0 saturated heterocycles. The standard InChI is InChI=1S/C16H16ClNO2/c1-11(13-3-2-4-14(17)8-13)18-9-12-5-6-15-16(7-12)20-10-19-15/h2-8,11,18H,9-10H2,1H3/t11-/m1/s1. The van der Waals surface area contributed by atoms with Crippen LogP contribution in [-0.4, -0.2) is 6.79 Å². The third kappa shape index (κ3) is 2.89. The number of halogens is 1. The molecule has 0 unspecified atom stereocenters. The van der Waals surface area contributed by atoms with Crippen LogP contribution in [0.2, 0.25) is 5.02 Å². The van der Waals surface area contributed by atoms with E-state index in [1.807, 2.05) is 36.4 Å². The van der Waals surface area contributed by atoms with Gasteiger partial charge in [-0.15, -0.1) is 0 Å². The summed E-state index contributed by atoms with van der Waals surface area (Å²) in [5.74, 6) is 1.64. The molecule has 1 heterocycles. The van der Waals surface area contributed by atoms with Gasteiger partial charge < -0.3 is 14.8 Å². The Hall–Kier alpha value is -1.71. The summed E-state index contributed by atoms with van der Waals surface area (Å²) in [6.45, 7) is 3.20. The first-order valence-electron chi connectivity index (χ1n) is 6.60. The average Bonchev–Trinajstić information content (AvgIpc) is 2.92. The Labute approximate surface area is 123 Å². The molecule has 20 heavy (non-hydrogen) atoms. The lowest BCUT2D eigenvalue weighted by Crippen LogP contribution is -2.17. The second kappa shape index (κ2) is 5.73. The van der Waals surface area contributed by atoms with Gasteiger partial charge in [-0.1, -0.05) is 29.8 Å². The molecule has 0 spiro atoms. The van der Waals surface area contributed by atoms with Crippen LogP contribution < -0.4 is 14.8 Å². The Balaban J connectivity index is 1.64. The molecule has 0 bridgehead atoms. The van der Waals surface area contributed by atoms with Crippen molar-refractivity contribution in [2.45, 2.75) is 19.5 Å². The van der Waals surface area contributed by atoms with Crippen molar-refractivity contribution >= 4 is 11.6 Å². The van der Waals surface area contributed by atoms with E-state index < -0.39 is 0 Å². The van der Waals surface area contributed by atoms with Gasteiger partial charge in [0.2, 0.25) is 6.79 Å². The molecule has 1 aliphatic heterocycles. The lowest BCUT2D eigenvalue weighted by Gasteiger charge is -2.14. The third-order valence-electron chi connectivity index (χ3n) is 3.40. The van der Waals surface area contributed by atoms with Crippen LogP contribution >= 0.6 is 11.6 Å². The summed E-state index contributed by atoms with van der Waals surface area (Å²) in [5, 5.41) is 4.24. The first kappa shape index (κ1) is 13.3. The fourth-order valence-corrected chi connectivity index (χ4v) is 2.41. The molecule has 104 valence electrons. The first-order chi connectivity index (χ1) is 9.72. The van der Waals surface area contributed by atoms with Crippen molar-refractivity contribution < 1.29 is 9.47 Å². The van der Waals surface area contributed by atoms with Crippen LogP contribution in [0.4, 0.5) is 0 Å². The van der Waals surface area contributed by atoms with Crippen LogP contribution in [0.15, 0.2) is 42.5 Å². The summed E-state index contributed by atoms with van der Waals surface area (Å²) in [4.78, 5) is 0. The fourth-order valence-electron chi connectivity index (χ4n) is 2.22. The zero-order valence-electron chi connectivity index (χ0n) is 11.2. The largest absolute Gasteiger partial charge is 0.454 e. The van der Waals surface area contributed by atoms with Gasteiger partial charge in [0.15, 0.2) is 11.5 Å². The minimum absolute atomic E-state index is 0.235. The Bertz CT molecular complexity index is 615. The second-order valence-corrected chi connectivity index (χ2v) is 5.28. The Kier molecular flexibility index (Phi) is 3.81. The summed E-state index contributed by atoms with van der Waals surface area (Å²) >= 11 is 6.01. The molecule has 2 aromatic rings. The predicted octanol–water partition coefficient (Wildman–Crippen LogP) is 3.92. The Morgan fingerprint density at radius 2 is 2.00 bits per heavy atom. The van der Waals surface area contributed by atoms with Gasteiger partial charge in [-0.2, -0.15) is 0 Å². The van der Waals surface area contributed by atoms with Gasteiger partial charge in [0.1, 0.15) is 0 Å². The van der Waals surface area contributed by atoms with Crippen molar-refractivity contribution in [2.75, 3.05) is 6.79 Å². The summed E-state index contributed by atoms with van der Waals surface area (Å²) in [6.07, 6.45) is 0. The summed E-state index contributed by atoms with van der Waals surface area (Å²) in [6, 6.07) is 14.2. The number of ether oxygens (including phenoxy) is 2. The highest BCUT2D eigenvalue weighted by Crippen LogP contribution is 2.32. The van der Waals surface area contributed by atoms with Gasteiger partial charge in [0.05, 0.1) is 0 Å². The van der Waals surface area contributed by atoms with Crippen molar-refractivity contribution in [3.05, 3.63) is 58.6 Å². The second-order valence-electron chi connectivity index (χ2n) is 4.85. The molecule has 0 fully saturated rings. The number of hydrogen-bond acceptors (Lipinski definition) is 3. The van der Waals surface area contributed by atoms with Crippen molar-refractivity contribution in [3.8, 4) is 11.5 Å². The fraction of sp³-hybridized carbons (Fsp3) is 0.250. The molecule has 2 aromatic carbocycles. The number of nitrogens with one attached hydrogen (secondary N) is 1. The molecule has 3 nitrogen and oxygen atoms in total. The first-order valence-corrected chi connectivity index (χ1v) is 6.97. The summed E-state index contributed by atoms with van der Waals surface area (Å²) < 4.78 is 10.7. The Morgan fingerprint density at radius 1 is 1.15 bits per heavy atom. The maximum atomic E-state index is 6.01. The maximum Gasteiger partial charge on any atom is 0.231 e. The van der Waals surface area contributed by atoms with Crippen LogP contribution in [-0.2, 0) is 6.54 Å². The van der Waals surface area contributed by atoms with Gasteiger partial charge in [0, 0.05) is 17.6 Å². The van der Waals surface area contributed by atoms with E-state index in [0.29, 0.717) is 6.79 Å². The molecule has 0 aromatic heterocycles. The van der Waals surface area contributed by atoms with E-state index in [0.717, 1.165) is 23.1 Å². The lowest BCUT2D eigenvalue weighted by molar-refractivity contribution is 0.174. The van der Waals surface area contributed by atoms with E-state index in [9.17, 15) is 0 Å². The molecule has 3 rings (SSSR count). The molecule has 1 N–H and O–H groups in total. The zero-order valence-corrected chi connectivity index (χ0v) is 12.0. The SMILES string of the molecule is C[C@@H](NCc1ccc2c(c1)OCO2)c1cccc(Cl)c1. The van der Waals surface area contributed by atoms with Crippen LogP contribution in [0.5, 0.6) is 11.5 Å². The van der Waals surface area contributed by atoms with E-state index in [2.05, 4.69) is 18.3 Å². The van der Waals surface area contributed by atoms with Crippen molar-refractivity contribution in [2.24, 2.45) is 0 Å². The van der Waals surface area contributed by atoms with E-state index >= 15 is 0 Å². The van der Waals surface area contributed by atoms with Crippen molar-refractivity contribution in [1.82, 2.24) is 5.32 Å². The molecule has 1 aliphatic rings. The highest BCUT2D eigenvalue weighted by atomic mass is 35.5. The predicted molar refractivity (Wildman–Crippen MR) is 79.3 cm³/mol. The minimum Gasteiger partial charge on any atom is -0.454 e. The van der Waals surface area contributed by atoms with Gasteiger partial charge in [-0.25, -0.2) is 0 Å². The number of rotatable bonds is 4. The molecular weight excluding hydrogens is 274 g/mol. The maximum absolute atomic E-state index is 6.01. The zero-order chi connectivity index (χ0) is 13.9. The monoisotopic (exact) mass is 289 g/mol. The number of hydrogen-bond donors (Lipinski definition) is 1. The van der Waals surface area contributed by atoms with Gasteiger partial charge in [0.25, 0.3) is 0 Å². The normalized spacial score (nSPS) is 14.3. The number of fused-ring (bicyclic) bond motifs is 1. The van der Waals surface area contributed by atoms with E-state index in [1.54, 1.807) is 0 Å². The van der Waals surface area contributed by atoms with Gasteiger partial charge in [-0.05, 0) is 42.3 Å². The highest BCUT2D eigenvalue weighted by molar-refractivity contribution is 6.30. The quantitative estimate of drug-likeness (QED) is 0.925. The minimum atomic E-state index is 0.235. The summed E-state index contributed by atoms with van der Waals surface area (Å²) in [7, 11) is 0. The van der Waals surface area contributed by atoms with E-state index in [-0.39, 0.29) is 6.04 Å². The molecule has 0 amide bonds.